The summed E-state index contributed by atoms with van der Waals surface area (Å²) in [5, 5.41) is 19.4. The number of anilines is 1. The molecule has 0 spiro atoms. The molecule has 3 rings (SSSR count). The van der Waals surface area contributed by atoms with Gasteiger partial charge in [-0.2, -0.15) is 8.42 Å². The summed E-state index contributed by atoms with van der Waals surface area (Å²) in [6, 6.07) is 14.3. The summed E-state index contributed by atoms with van der Waals surface area (Å²) in [5.74, 6) is -0.695. The van der Waals surface area contributed by atoms with E-state index in [9.17, 15) is 18.6 Å². The van der Waals surface area contributed by atoms with Gasteiger partial charge in [0.05, 0.1) is 6.20 Å². The Morgan fingerprint density at radius 3 is 2.32 bits per heavy atom. The van der Waals surface area contributed by atoms with E-state index in [1.54, 1.807) is 6.07 Å². The molecule has 0 amide bonds. The zero-order valence-electron chi connectivity index (χ0n) is 11.2. The summed E-state index contributed by atoms with van der Waals surface area (Å²) >= 11 is 1.45. The van der Waals surface area contributed by atoms with E-state index in [0.717, 1.165) is 20.3 Å². The van der Waals surface area contributed by atoms with E-state index in [1.807, 2.05) is 35.1 Å². The maximum absolute atomic E-state index is 11.8. The number of nitrogens with zero attached hydrogens (tertiary/aromatic N) is 1. The topological polar surface area (TPSA) is 89.9 Å². The summed E-state index contributed by atoms with van der Waals surface area (Å²) in [6.07, 6.45) is 0.994. The van der Waals surface area contributed by atoms with Gasteiger partial charge in [-0.25, -0.2) is 9.03 Å². The predicted octanol–water partition coefficient (Wildman–Crippen LogP) is 2.55. The van der Waals surface area contributed by atoms with E-state index in [0.29, 0.717) is 0 Å². The molecule has 0 aliphatic carbocycles. The van der Waals surface area contributed by atoms with Gasteiger partial charge in [-0.1, -0.05) is 30.0 Å². The van der Waals surface area contributed by atoms with Gasteiger partial charge < -0.3 is 10.2 Å². The molecule has 2 aromatic rings. The van der Waals surface area contributed by atoms with Crippen molar-refractivity contribution in [3.05, 3.63) is 60.6 Å². The summed E-state index contributed by atoms with van der Waals surface area (Å²) in [4.78, 5) is 1.77. The molecular weight excluding hydrogens is 324 g/mol. The number of aromatic hydroxyl groups is 1. The van der Waals surface area contributed by atoms with Crippen molar-refractivity contribution in [2.24, 2.45) is 0 Å². The largest absolute Gasteiger partial charge is 0.506 e. The fourth-order valence-electron chi connectivity index (χ4n) is 1.96. The van der Waals surface area contributed by atoms with Gasteiger partial charge >= 0.3 is 10.2 Å². The molecule has 114 valence electrons. The molecular formula is C14H12N2O4S2. The maximum Gasteiger partial charge on any atom is 0.330 e. The third kappa shape index (κ3) is 2.83. The van der Waals surface area contributed by atoms with Crippen LogP contribution in [0.1, 0.15) is 0 Å². The van der Waals surface area contributed by atoms with Gasteiger partial charge in [0.2, 0.25) is 5.88 Å². The Labute approximate surface area is 131 Å². The molecule has 1 aliphatic heterocycles. The van der Waals surface area contributed by atoms with Crippen LogP contribution in [0.4, 0.5) is 5.69 Å². The highest BCUT2D eigenvalue weighted by Gasteiger charge is 2.30. The fourth-order valence-corrected chi connectivity index (χ4v) is 3.90. The number of benzene rings is 2. The monoisotopic (exact) mass is 336 g/mol. The van der Waals surface area contributed by atoms with Gasteiger partial charge in [-0.3, -0.25) is 0 Å². The fraction of sp³-hybridized carbons (Fsp3) is 0. The number of phenols is 1. The van der Waals surface area contributed by atoms with E-state index >= 15 is 0 Å². The summed E-state index contributed by atoms with van der Waals surface area (Å²) in [5.41, 5.74) is 0.0639. The highest BCUT2D eigenvalue weighted by atomic mass is 32.2. The first-order chi connectivity index (χ1) is 10.5. The van der Waals surface area contributed by atoms with Crippen molar-refractivity contribution in [3.8, 4) is 5.75 Å². The number of nitrogens with one attached hydrogen (secondary N) is 1. The zero-order valence-corrected chi connectivity index (χ0v) is 12.8. The molecule has 0 bridgehead atoms. The number of hydrogen-bond acceptors (Lipinski definition) is 5. The Morgan fingerprint density at radius 2 is 1.73 bits per heavy atom. The number of phenolic OH excluding ortho intramolecular Hbond substituents is 1. The lowest BCUT2D eigenvalue weighted by Crippen LogP contribution is -2.29. The van der Waals surface area contributed by atoms with Crippen molar-refractivity contribution in [3.63, 3.8) is 0 Å². The van der Waals surface area contributed by atoms with E-state index < -0.39 is 16.1 Å². The molecule has 0 saturated carbocycles. The van der Waals surface area contributed by atoms with E-state index in [-0.39, 0.29) is 11.4 Å². The second-order valence-electron chi connectivity index (χ2n) is 4.48. The van der Waals surface area contributed by atoms with E-state index in [2.05, 4.69) is 0 Å². The molecule has 0 atom stereocenters. The Balaban J connectivity index is 1.90. The first kappa shape index (κ1) is 14.6. The first-order valence-corrected chi connectivity index (χ1v) is 8.50. The predicted molar refractivity (Wildman–Crippen MR) is 83.9 cm³/mol. The SMILES string of the molecule is O=S1(=O)NC(O)=CN1c1ccc(Sc2ccccc2)cc1O. The molecule has 6 nitrogen and oxygen atoms in total. The quantitative estimate of drug-likeness (QED) is 0.801. The Kier molecular flexibility index (Phi) is 3.63. The van der Waals surface area contributed by atoms with Crippen LogP contribution in [0.3, 0.4) is 0 Å². The molecule has 8 heteroatoms. The molecule has 22 heavy (non-hydrogen) atoms. The van der Waals surface area contributed by atoms with Crippen LogP contribution in [0.5, 0.6) is 5.75 Å². The van der Waals surface area contributed by atoms with Crippen molar-refractivity contribution in [1.82, 2.24) is 4.72 Å². The normalized spacial score (nSPS) is 16.2. The second kappa shape index (κ2) is 5.47. The van der Waals surface area contributed by atoms with Crippen LogP contribution in [0, 0.1) is 0 Å². The van der Waals surface area contributed by atoms with Crippen molar-refractivity contribution in [2.75, 3.05) is 4.31 Å². The van der Waals surface area contributed by atoms with Crippen molar-refractivity contribution in [1.29, 1.82) is 0 Å². The lowest BCUT2D eigenvalue weighted by molar-refractivity contribution is 0.392. The number of aliphatic hydroxyl groups is 1. The summed E-state index contributed by atoms with van der Waals surface area (Å²) in [7, 11) is -3.91. The third-order valence-corrected chi connectivity index (χ3v) is 5.18. The standard InChI is InChI=1S/C14H12N2O4S2/c17-13-8-11(21-10-4-2-1-3-5-10)6-7-12(13)16-9-14(18)15-22(16,19)20/h1-9,15,17-18H. The van der Waals surface area contributed by atoms with Gasteiger partial charge in [0.25, 0.3) is 0 Å². The smallest absolute Gasteiger partial charge is 0.330 e. The molecule has 0 saturated heterocycles. The Bertz CT molecular complexity index is 835. The van der Waals surface area contributed by atoms with Crippen LogP contribution in [0.15, 0.2) is 70.4 Å². The van der Waals surface area contributed by atoms with Crippen LogP contribution in [0.2, 0.25) is 0 Å². The Hall–Kier alpha value is -2.32. The lowest BCUT2D eigenvalue weighted by Gasteiger charge is -2.15. The van der Waals surface area contributed by atoms with E-state index in [1.165, 1.54) is 23.9 Å². The molecule has 0 unspecified atom stereocenters. The molecule has 0 fully saturated rings. The van der Waals surface area contributed by atoms with Gasteiger partial charge in [-0.15, -0.1) is 0 Å². The third-order valence-electron chi connectivity index (χ3n) is 2.90. The zero-order chi connectivity index (χ0) is 15.7. The number of aliphatic hydroxyl groups excluding tert-OH is 1. The van der Waals surface area contributed by atoms with Gasteiger partial charge in [0.15, 0.2) is 0 Å². The number of rotatable bonds is 3. The Morgan fingerprint density at radius 1 is 1.00 bits per heavy atom. The minimum atomic E-state index is -3.91. The minimum Gasteiger partial charge on any atom is -0.506 e. The van der Waals surface area contributed by atoms with Gasteiger partial charge in [-0.05, 0) is 30.3 Å². The highest BCUT2D eigenvalue weighted by Crippen LogP contribution is 2.37. The molecule has 3 N–H and O–H groups in total. The van der Waals surface area contributed by atoms with Gasteiger partial charge in [0.1, 0.15) is 11.4 Å². The molecule has 1 aliphatic rings. The average molecular weight is 336 g/mol. The molecule has 2 aromatic carbocycles. The summed E-state index contributed by atoms with van der Waals surface area (Å²) < 4.78 is 26.3. The van der Waals surface area contributed by atoms with Crippen LogP contribution < -0.4 is 9.03 Å². The van der Waals surface area contributed by atoms with Crippen molar-refractivity contribution >= 4 is 27.7 Å². The minimum absolute atomic E-state index is 0.0639. The van der Waals surface area contributed by atoms with Crippen molar-refractivity contribution in [2.45, 2.75) is 9.79 Å². The first-order valence-electron chi connectivity index (χ1n) is 6.24. The van der Waals surface area contributed by atoms with Crippen LogP contribution >= 0.6 is 11.8 Å². The summed E-state index contributed by atoms with van der Waals surface area (Å²) in [6.45, 7) is 0. The van der Waals surface area contributed by atoms with Crippen LogP contribution in [-0.4, -0.2) is 18.6 Å². The van der Waals surface area contributed by atoms with Gasteiger partial charge in [0, 0.05) is 9.79 Å². The average Bonchev–Trinajstić information content (AvgIpc) is 2.73. The second-order valence-corrected chi connectivity index (χ2v) is 7.18. The molecule has 1 heterocycles. The van der Waals surface area contributed by atoms with Crippen LogP contribution in [0.25, 0.3) is 0 Å². The highest BCUT2D eigenvalue weighted by molar-refractivity contribution is 7.99. The van der Waals surface area contributed by atoms with Crippen molar-refractivity contribution < 1.29 is 18.6 Å². The number of hydrogen-bond donors (Lipinski definition) is 3. The van der Waals surface area contributed by atoms with E-state index in [4.69, 9.17) is 0 Å². The molecule has 0 aromatic heterocycles. The molecule has 0 radical (unpaired) electrons. The lowest BCUT2D eigenvalue weighted by atomic mass is 10.3. The van der Waals surface area contributed by atoms with Crippen LogP contribution in [-0.2, 0) is 10.2 Å². The maximum atomic E-state index is 11.8.